The van der Waals surface area contributed by atoms with E-state index in [-0.39, 0.29) is 24.0 Å². The average Bonchev–Trinajstić information content (AvgIpc) is 2.73. The zero-order valence-corrected chi connectivity index (χ0v) is 20.8. The van der Waals surface area contributed by atoms with Gasteiger partial charge in [0.05, 0.1) is 0 Å². The molecule has 29 heavy (non-hydrogen) atoms. The number of guanidine groups is 1. The van der Waals surface area contributed by atoms with Gasteiger partial charge in [-0.2, -0.15) is 0 Å². The Morgan fingerprint density at radius 2 is 1.97 bits per heavy atom. The molecular weight excluding hydrogens is 479 g/mol. The molecule has 1 aromatic heterocycles. The second-order valence-electron chi connectivity index (χ2n) is 7.62. The molecule has 0 saturated carbocycles. The van der Waals surface area contributed by atoms with Gasteiger partial charge >= 0.3 is 0 Å². The van der Waals surface area contributed by atoms with E-state index in [2.05, 4.69) is 63.3 Å². The fourth-order valence-electron chi connectivity index (χ4n) is 3.11. The number of anilines is 1. The predicted molar refractivity (Wildman–Crippen MR) is 132 cm³/mol. The van der Waals surface area contributed by atoms with Crippen LogP contribution in [0.4, 0.5) is 5.82 Å². The largest absolute Gasteiger partial charge is 0.381 e. The maximum atomic E-state index is 5.60. The molecule has 1 aliphatic heterocycles. The smallest absolute Gasteiger partial charge is 0.191 e. The van der Waals surface area contributed by atoms with Crippen molar-refractivity contribution in [3.8, 4) is 0 Å². The highest BCUT2D eigenvalue weighted by molar-refractivity contribution is 14.0. The van der Waals surface area contributed by atoms with Crippen molar-refractivity contribution in [3.63, 3.8) is 0 Å². The Hall–Kier alpha value is -1.13. The zero-order chi connectivity index (χ0) is 20.2. The third kappa shape index (κ3) is 9.95. The van der Waals surface area contributed by atoms with Crippen LogP contribution in [-0.2, 0) is 11.3 Å². The maximum absolute atomic E-state index is 5.60. The lowest BCUT2D eigenvalue weighted by Gasteiger charge is -2.34. The predicted octanol–water partition coefficient (Wildman–Crippen LogP) is 2.57. The number of pyridine rings is 1. The molecule has 7 nitrogen and oxygen atoms in total. The van der Waals surface area contributed by atoms with Crippen LogP contribution in [0.1, 0.15) is 32.8 Å². The van der Waals surface area contributed by atoms with Crippen molar-refractivity contribution in [1.29, 1.82) is 0 Å². The van der Waals surface area contributed by atoms with Gasteiger partial charge in [0.1, 0.15) is 5.82 Å². The number of aliphatic imine (C=N–C) groups is 1. The van der Waals surface area contributed by atoms with Crippen molar-refractivity contribution in [1.82, 2.24) is 20.5 Å². The Morgan fingerprint density at radius 3 is 2.55 bits per heavy atom. The Labute approximate surface area is 193 Å². The van der Waals surface area contributed by atoms with E-state index in [1.165, 1.54) is 0 Å². The van der Waals surface area contributed by atoms with Gasteiger partial charge in [-0.3, -0.25) is 4.99 Å². The number of halogens is 1. The summed E-state index contributed by atoms with van der Waals surface area (Å²) in [5.74, 6) is 2.47. The van der Waals surface area contributed by atoms with Crippen LogP contribution >= 0.6 is 24.0 Å². The lowest BCUT2D eigenvalue weighted by molar-refractivity contribution is 0.108. The van der Waals surface area contributed by atoms with Gasteiger partial charge in [0.25, 0.3) is 0 Å². The number of rotatable bonds is 10. The molecule has 166 valence electrons. The van der Waals surface area contributed by atoms with E-state index >= 15 is 0 Å². The minimum absolute atomic E-state index is 0. The van der Waals surface area contributed by atoms with Crippen LogP contribution < -0.4 is 15.5 Å². The van der Waals surface area contributed by atoms with Gasteiger partial charge in [-0.25, -0.2) is 4.98 Å². The molecule has 0 amide bonds. The fraction of sp³-hybridized carbons (Fsp3) is 0.714. The van der Waals surface area contributed by atoms with Gasteiger partial charge in [0, 0.05) is 65.7 Å². The van der Waals surface area contributed by atoms with Gasteiger partial charge in [0.15, 0.2) is 5.96 Å². The summed E-state index contributed by atoms with van der Waals surface area (Å²) in [6.07, 6.45) is 2.93. The highest BCUT2D eigenvalue weighted by Gasteiger charge is 2.16. The monoisotopic (exact) mass is 518 g/mol. The number of ether oxygens (including phenoxy) is 1. The van der Waals surface area contributed by atoms with Gasteiger partial charge in [-0.1, -0.05) is 26.8 Å². The molecule has 1 aromatic rings. The van der Waals surface area contributed by atoms with Crippen molar-refractivity contribution >= 4 is 35.8 Å². The van der Waals surface area contributed by atoms with Gasteiger partial charge in [-0.15, -0.1) is 24.0 Å². The maximum Gasteiger partial charge on any atom is 0.191 e. The van der Waals surface area contributed by atoms with E-state index in [1.807, 2.05) is 6.20 Å². The highest BCUT2D eigenvalue weighted by atomic mass is 127. The number of nitrogens with zero attached hydrogens (tertiary/aromatic N) is 4. The van der Waals surface area contributed by atoms with E-state index in [0.717, 1.165) is 76.2 Å². The average molecular weight is 518 g/mol. The Balaban J connectivity index is 0.00000420. The molecule has 0 atom stereocenters. The molecule has 1 aliphatic rings. The third-order valence-corrected chi connectivity index (χ3v) is 4.85. The Kier molecular flexibility index (Phi) is 13.2. The first-order valence-electron chi connectivity index (χ1n) is 10.6. The SMILES string of the molecule is CCN1CCN(c2ccc(CNC(=NC)NCCCOCC(C)C)cn2)CC1.I. The molecule has 0 radical (unpaired) electrons. The summed E-state index contributed by atoms with van der Waals surface area (Å²) in [6, 6.07) is 4.27. The number of hydrogen-bond acceptors (Lipinski definition) is 5. The van der Waals surface area contributed by atoms with E-state index < -0.39 is 0 Å². The van der Waals surface area contributed by atoms with Crippen molar-refractivity contribution in [2.45, 2.75) is 33.7 Å². The highest BCUT2D eigenvalue weighted by Crippen LogP contribution is 2.14. The first-order valence-corrected chi connectivity index (χ1v) is 10.6. The molecule has 0 aliphatic carbocycles. The summed E-state index contributed by atoms with van der Waals surface area (Å²) in [5, 5.41) is 6.67. The minimum Gasteiger partial charge on any atom is -0.381 e. The minimum atomic E-state index is 0. The lowest BCUT2D eigenvalue weighted by atomic mass is 10.2. The molecule has 0 spiro atoms. The number of aromatic nitrogens is 1. The summed E-state index contributed by atoms with van der Waals surface area (Å²) < 4.78 is 5.60. The topological polar surface area (TPSA) is 65.0 Å². The first kappa shape index (κ1) is 25.9. The van der Waals surface area contributed by atoms with Crippen LogP contribution in [0.3, 0.4) is 0 Å². The van der Waals surface area contributed by atoms with Crippen LogP contribution in [0.25, 0.3) is 0 Å². The molecular formula is C21H39IN6O. The molecule has 2 heterocycles. The van der Waals surface area contributed by atoms with E-state index in [4.69, 9.17) is 4.74 Å². The normalized spacial score (nSPS) is 15.3. The molecule has 2 N–H and O–H groups in total. The quantitative estimate of drug-likeness (QED) is 0.215. The van der Waals surface area contributed by atoms with Crippen molar-refractivity contribution in [2.24, 2.45) is 10.9 Å². The van der Waals surface area contributed by atoms with E-state index in [0.29, 0.717) is 12.5 Å². The second-order valence-corrected chi connectivity index (χ2v) is 7.62. The molecule has 1 fully saturated rings. The van der Waals surface area contributed by atoms with Crippen molar-refractivity contribution < 1.29 is 4.74 Å². The van der Waals surface area contributed by atoms with E-state index in [1.54, 1.807) is 7.05 Å². The van der Waals surface area contributed by atoms with Gasteiger partial charge in [-0.05, 0) is 30.5 Å². The van der Waals surface area contributed by atoms with Crippen LogP contribution in [-0.4, -0.2) is 75.4 Å². The third-order valence-electron chi connectivity index (χ3n) is 4.85. The molecule has 0 bridgehead atoms. The first-order chi connectivity index (χ1) is 13.6. The summed E-state index contributed by atoms with van der Waals surface area (Å²) in [5.41, 5.74) is 1.15. The molecule has 8 heteroatoms. The molecule has 2 rings (SSSR count). The summed E-state index contributed by atoms with van der Waals surface area (Å²) in [4.78, 5) is 13.8. The summed E-state index contributed by atoms with van der Waals surface area (Å²) >= 11 is 0. The van der Waals surface area contributed by atoms with Gasteiger partial charge in [0.2, 0.25) is 0 Å². The van der Waals surface area contributed by atoms with Crippen LogP contribution in [0, 0.1) is 5.92 Å². The summed E-state index contributed by atoms with van der Waals surface area (Å²) in [6.45, 7) is 15.2. The zero-order valence-electron chi connectivity index (χ0n) is 18.5. The van der Waals surface area contributed by atoms with E-state index in [9.17, 15) is 0 Å². The fourth-order valence-corrected chi connectivity index (χ4v) is 3.11. The second kappa shape index (κ2) is 14.8. The van der Waals surface area contributed by atoms with Crippen LogP contribution in [0.2, 0.25) is 0 Å². The molecule has 0 unspecified atom stereocenters. The number of hydrogen-bond donors (Lipinski definition) is 2. The van der Waals surface area contributed by atoms with Crippen molar-refractivity contribution in [3.05, 3.63) is 23.9 Å². The Bertz CT molecular complexity index is 573. The number of likely N-dealkylation sites (N-methyl/N-ethyl adjacent to an activating group) is 1. The molecule has 1 saturated heterocycles. The number of nitrogens with one attached hydrogen (secondary N) is 2. The standard InChI is InChI=1S/C21H38N6O.HI/c1-5-26-10-12-27(13-11-26)20-8-7-19(15-24-20)16-25-21(22-4)23-9-6-14-28-17-18(2)3;/h7-8,15,18H,5-6,9-14,16-17H2,1-4H3,(H2,22,23,25);1H. The summed E-state index contributed by atoms with van der Waals surface area (Å²) in [7, 11) is 1.79. The van der Waals surface area contributed by atoms with Crippen molar-refractivity contribution in [2.75, 3.05) is 64.4 Å². The van der Waals surface area contributed by atoms with Crippen LogP contribution in [0.15, 0.2) is 23.3 Å². The van der Waals surface area contributed by atoms with Crippen LogP contribution in [0.5, 0.6) is 0 Å². The number of piperazine rings is 1. The molecule has 0 aromatic carbocycles. The van der Waals surface area contributed by atoms with Gasteiger partial charge < -0.3 is 25.2 Å². The lowest BCUT2D eigenvalue weighted by Crippen LogP contribution is -2.46. The Morgan fingerprint density at radius 1 is 1.21 bits per heavy atom.